The Balaban J connectivity index is 1.92. The third-order valence-electron chi connectivity index (χ3n) is 3.27. The van der Waals surface area contributed by atoms with Crippen molar-refractivity contribution >= 4 is 69.4 Å². The van der Waals surface area contributed by atoms with Crippen molar-refractivity contribution in [1.82, 2.24) is 4.90 Å². The Kier molecular flexibility index (Phi) is 5.06. The summed E-state index contributed by atoms with van der Waals surface area (Å²) in [4.78, 5) is 26.4. The van der Waals surface area contributed by atoms with Gasteiger partial charge < -0.3 is 0 Å². The van der Waals surface area contributed by atoms with Crippen molar-refractivity contribution in [3.63, 3.8) is 0 Å². The number of carbonyl (C=O) groups excluding carboxylic acids is 2. The van der Waals surface area contributed by atoms with Crippen LogP contribution in [0.2, 0.25) is 10.0 Å². The van der Waals surface area contributed by atoms with Crippen molar-refractivity contribution < 1.29 is 9.59 Å². The lowest BCUT2D eigenvalue weighted by atomic mass is 10.2. The molecule has 24 heavy (non-hydrogen) atoms. The Bertz CT molecular complexity index is 881. The summed E-state index contributed by atoms with van der Waals surface area (Å²) in [6.07, 6.45) is 1.61. The molecule has 120 valence electrons. The molecule has 0 spiro atoms. The minimum absolute atomic E-state index is 0.199. The van der Waals surface area contributed by atoms with Crippen LogP contribution in [0.4, 0.5) is 0 Å². The predicted molar refractivity (Wildman–Crippen MR) is 102 cm³/mol. The Hall–Kier alpha value is -1.66. The van der Waals surface area contributed by atoms with Crippen molar-refractivity contribution in [3.8, 4) is 0 Å². The molecule has 1 aliphatic rings. The van der Waals surface area contributed by atoms with Crippen LogP contribution >= 0.6 is 47.2 Å². The molecule has 0 unspecified atom stereocenters. The van der Waals surface area contributed by atoms with E-state index in [1.54, 1.807) is 54.6 Å². The van der Waals surface area contributed by atoms with Gasteiger partial charge in [0, 0.05) is 15.6 Å². The van der Waals surface area contributed by atoms with E-state index in [4.69, 9.17) is 35.4 Å². The fraction of sp³-hybridized carbons (Fsp3) is 0. The molecular weight excluding hydrogens is 385 g/mol. The van der Waals surface area contributed by atoms with E-state index in [1.807, 2.05) is 0 Å². The van der Waals surface area contributed by atoms with Crippen LogP contribution in [0.5, 0.6) is 0 Å². The molecule has 3 rings (SSSR count). The number of thiocarbonyl (C=S) groups is 1. The Morgan fingerprint density at radius 2 is 1.83 bits per heavy atom. The molecule has 0 N–H and O–H groups in total. The fourth-order valence-electron chi connectivity index (χ4n) is 2.11. The molecule has 0 radical (unpaired) electrons. The zero-order valence-corrected chi connectivity index (χ0v) is 15.2. The van der Waals surface area contributed by atoms with Crippen LogP contribution in [0.15, 0.2) is 53.4 Å². The van der Waals surface area contributed by atoms with Crippen LogP contribution in [-0.4, -0.2) is 21.0 Å². The Morgan fingerprint density at radius 1 is 1.12 bits per heavy atom. The second kappa shape index (κ2) is 7.07. The molecule has 1 fully saturated rings. The van der Waals surface area contributed by atoms with Gasteiger partial charge in [-0.25, -0.2) is 4.90 Å². The average Bonchev–Trinajstić information content (AvgIpc) is 2.84. The zero-order valence-electron chi connectivity index (χ0n) is 12.0. The second-order valence-electron chi connectivity index (χ2n) is 4.85. The molecule has 1 saturated heterocycles. The van der Waals surface area contributed by atoms with E-state index >= 15 is 0 Å². The number of nitrogens with zero attached hydrogens (tertiary/aromatic N) is 1. The van der Waals surface area contributed by atoms with E-state index in [1.165, 1.54) is 0 Å². The predicted octanol–water partition coefficient (Wildman–Crippen LogP) is 5.04. The van der Waals surface area contributed by atoms with Gasteiger partial charge in [0.15, 0.2) is 4.32 Å². The summed E-state index contributed by atoms with van der Waals surface area (Å²) < 4.78 is 0.199. The van der Waals surface area contributed by atoms with E-state index in [-0.39, 0.29) is 4.32 Å². The molecule has 7 heteroatoms. The topological polar surface area (TPSA) is 37.4 Å². The van der Waals surface area contributed by atoms with Crippen LogP contribution in [0, 0.1) is 0 Å². The zero-order chi connectivity index (χ0) is 17.3. The fourth-order valence-corrected chi connectivity index (χ4v) is 3.82. The maximum absolute atomic E-state index is 12.6. The first-order valence-electron chi connectivity index (χ1n) is 6.80. The number of benzene rings is 2. The van der Waals surface area contributed by atoms with E-state index in [0.717, 1.165) is 16.7 Å². The molecular formula is C17H9Cl2NO2S2. The first-order chi connectivity index (χ1) is 11.5. The molecule has 0 atom stereocenters. The SMILES string of the molecule is O=C1/C(=C\c2ccc(Cl)cc2Cl)SC(=S)N1C(=O)c1ccccc1. The third kappa shape index (κ3) is 3.39. The van der Waals surface area contributed by atoms with Crippen LogP contribution in [0.1, 0.15) is 15.9 Å². The van der Waals surface area contributed by atoms with Crippen LogP contribution in [0.3, 0.4) is 0 Å². The first-order valence-corrected chi connectivity index (χ1v) is 8.78. The molecule has 1 heterocycles. The minimum Gasteiger partial charge on any atom is -0.268 e. The standard InChI is InChI=1S/C17H9Cl2NO2S2/c18-12-7-6-11(13(19)9-12)8-14-16(22)20(17(23)24-14)15(21)10-4-2-1-3-5-10/h1-9H/b14-8+. The second-order valence-corrected chi connectivity index (χ2v) is 7.37. The quantitative estimate of drug-likeness (QED) is 0.407. The molecule has 2 aromatic carbocycles. The number of imide groups is 1. The Labute approximate surface area is 158 Å². The lowest BCUT2D eigenvalue weighted by molar-refractivity contribution is -0.120. The number of amides is 2. The highest BCUT2D eigenvalue weighted by Gasteiger charge is 2.37. The van der Waals surface area contributed by atoms with Crippen molar-refractivity contribution in [1.29, 1.82) is 0 Å². The molecule has 0 aromatic heterocycles. The lowest BCUT2D eigenvalue weighted by Crippen LogP contribution is -2.34. The number of halogens is 2. The highest BCUT2D eigenvalue weighted by atomic mass is 35.5. The van der Waals surface area contributed by atoms with Gasteiger partial charge in [-0.05, 0) is 35.9 Å². The van der Waals surface area contributed by atoms with Crippen LogP contribution < -0.4 is 0 Å². The highest BCUT2D eigenvalue weighted by molar-refractivity contribution is 8.26. The smallest absolute Gasteiger partial charge is 0.268 e. The maximum Gasteiger partial charge on any atom is 0.273 e. The Morgan fingerprint density at radius 3 is 2.50 bits per heavy atom. The third-order valence-corrected chi connectivity index (χ3v) is 5.13. The van der Waals surface area contributed by atoms with E-state index in [0.29, 0.717) is 26.1 Å². The molecule has 0 saturated carbocycles. The minimum atomic E-state index is -0.454. The first kappa shape index (κ1) is 17.2. The van der Waals surface area contributed by atoms with Gasteiger partial charge in [-0.1, -0.05) is 71.4 Å². The van der Waals surface area contributed by atoms with Crippen LogP contribution in [0.25, 0.3) is 6.08 Å². The van der Waals surface area contributed by atoms with Gasteiger partial charge in [0.05, 0.1) is 4.91 Å². The summed E-state index contributed by atoms with van der Waals surface area (Å²) in [5, 5.41) is 0.922. The molecule has 3 nitrogen and oxygen atoms in total. The van der Waals surface area contributed by atoms with Gasteiger partial charge in [0.1, 0.15) is 0 Å². The summed E-state index contributed by atoms with van der Waals surface area (Å²) in [5.41, 5.74) is 1.04. The van der Waals surface area contributed by atoms with Crippen molar-refractivity contribution in [2.75, 3.05) is 0 Å². The van der Waals surface area contributed by atoms with Gasteiger partial charge in [0.25, 0.3) is 11.8 Å². The van der Waals surface area contributed by atoms with Gasteiger partial charge >= 0.3 is 0 Å². The van der Waals surface area contributed by atoms with Gasteiger partial charge in [-0.2, -0.15) is 0 Å². The van der Waals surface area contributed by atoms with Gasteiger partial charge in [0.2, 0.25) is 0 Å². The largest absolute Gasteiger partial charge is 0.273 e. The summed E-state index contributed by atoms with van der Waals surface area (Å²) in [5.74, 6) is -0.895. The van der Waals surface area contributed by atoms with E-state index in [2.05, 4.69) is 0 Å². The van der Waals surface area contributed by atoms with Crippen LogP contribution in [-0.2, 0) is 4.79 Å². The number of carbonyl (C=O) groups is 2. The maximum atomic E-state index is 12.6. The van der Waals surface area contributed by atoms with E-state index < -0.39 is 11.8 Å². The van der Waals surface area contributed by atoms with Crippen molar-refractivity contribution in [2.24, 2.45) is 0 Å². The average molecular weight is 394 g/mol. The number of rotatable bonds is 2. The van der Waals surface area contributed by atoms with Gasteiger partial charge in [-0.3, -0.25) is 9.59 Å². The molecule has 0 bridgehead atoms. The van der Waals surface area contributed by atoms with Gasteiger partial charge in [-0.15, -0.1) is 0 Å². The molecule has 2 amide bonds. The van der Waals surface area contributed by atoms with E-state index in [9.17, 15) is 9.59 Å². The van der Waals surface area contributed by atoms with Crippen molar-refractivity contribution in [3.05, 3.63) is 74.6 Å². The molecule has 2 aromatic rings. The summed E-state index contributed by atoms with van der Waals surface area (Å²) in [7, 11) is 0. The number of thioether (sulfide) groups is 1. The monoisotopic (exact) mass is 393 g/mol. The number of hydrogen-bond acceptors (Lipinski definition) is 4. The lowest BCUT2D eigenvalue weighted by Gasteiger charge is -2.12. The molecule has 1 aliphatic heterocycles. The summed E-state index contributed by atoms with van der Waals surface area (Å²) >= 11 is 18.3. The summed E-state index contributed by atoms with van der Waals surface area (Å²) in [6.45, 7) is 0. The van der Waals surface area contributed by atoms with Crippen molar-refractivity contribution in [2.45, 2.75) is 0 Å². The normalized spacial score (nSPS) is 16.1. The summed E-state index contributed by atoms with van der Waals surface area (Å²) in [6, 6.07) is 13.5. The number of hydrogen-bond donors (Lipinski definition) is 0. The molecule has 0 aliphatic carbocycles. The highest BCUT2D eigenvalue weighted by Crippen LogP contribution is 2.35.